The fourth-order valence-electron chi connectivity index (χ4n) is 3.61. The normalized spacial score (nSPS) is 12.3. The minimum atomic E-state index is -4.84. The van der Waals surface area contributed by atoms with Gasteiger partial charge in [0.25, 0.3) is 10.0 Å². The summed E-state index contributed by atoms with van der Waals surface area (Å²) in [5.74, 6) is -0.435. The SMILES string of the molecule is Cn1cnc(S(=O)(=O)Nc2cc3c(=O)n(-c4ccc(OC(F)(F)F)cc4)[nH][n+]3c3ccccc23)c1. The topological polar surface area (TPSA) is 115 Å². The lowest BCUT2D eigenvalue weighted by Gasteiger charge is -2.08. The van der Waals surface area contributed by atoms with Crippen LogP contribution in [0.1, 0.15) is 0 Å². The Morgan fingerprint density at radius 2 is 1.80 bits per heavy atom. The lowest BCUT2D eigenvalue weighted by atomic mass is 10.2. The van der Waals surface area contributed by atoms with Gasteiger partial charge < -0.3 is 9.30 Å². The van der Waals surface area contributed by atoms with E-state index in [1.165, 1.54) is 39.8 Å². The largest absolute Gasteiger partial charge is 0.573 e. The van der Waals surface area contributed by atoms with E-state index in [1.807, 2.05) is 0 Å². The molecule has 0 atom stereocenters. The van der Waals surface area contributed by atoms with Crippen LogP contribution in [0, 0.1) is 0 Å². The molecule has 0 amide bonds. The number of sulfonamides is 1. The number of rotatable bonds is 5. The average molecular weight is 505 g/mol. The molecule has 3 heterocycles. The van der Waals surface area contributed by atoms with Crippen molar-refractivity contribution in [1.29, 1.82) is 0 Å². The number of halogens is 3. The zero-order valence-electron chi connectivity index (χ0n) is 17.8. The molecule has 0 saturated carbocycles. The summed E-state index contributed by atoms with van der Waals surface area (Å²) < 4.78 is 73.5. The van der Waals surface area contributed by atoms with Gasteiger partial charge in [-0.25, -0.2) is 9.78 Å². The number of aryl methyl sites for hydroxylation is 1. The number of anilines is 1. The highest BCUT2D eigenvalue weighted by Gasteiger charge is 2.31. The Balaban J connectivity index is 1.63. The van der Waals surface area contributed by atoms with E-state index < -0.39 is 27.7 Å². The van der Waals surface area contributed by atoms with Gasteiger partial charge in [-0.2, -0.15) is 8.42 Å². The molecule has 0 aliphatic rings. The van der Waals surface area contributed by atoms with E-state index in [0.29, 0.717) is 10.9 Å². The molecular weight excluding hydrogens is 489 g/mol. The highest BCUT2D eigenvalue weighted by molar-refractivity contribution is 7.92. The van der Waals surface area contributed by atoms with Crippen LogP contribution in [0.15, 0.2) is 76.9 Å². The maximum absolute atomic E-state index is 13.2. The summed E-state index contributed by atoms with van der Waals surface area (Å²) in [7, 11) is -2.41. The number of nitrogens with one attached hydrogen (secondary N) is 2. The zero-order chi connectivity index (χ0) is 25.0. The number of hydrogen-bond donors (Lipinski definition) is 2. The molecule has 2 N–H and O–H groups in total. The fourth-order valence-corrected chi connectivity index (χ4v) is 4.67. The highest BCUT2D eigenvalue weighted by atomic mass is 32.2. The molecule has 2 aromatic carbocycles. The van der Waals surface area contributed by atoms with Crippen LogP contribution in [0.4, 0.5) is 18.9 Å². The molecule has 0 aliphatic heterocycles. The van der Waals surface area contributed by atoms with Gasteiger partial charge in [-0.05, 0) is 36.4 Å². The quantitative estimate of drug-likeness (QED) is 0.356. The molecule has 35 heavy (non-hydrogen) atoms. The van der Waals surface area contributed by atoms with Crippen LogP contribution < -0.4 is 19.5 Å². The molecular formula is C21H16F3N6O4S+. The molecule has 0 aliphatic carbocycles. The van der Waals surface area contributed by atoms with Crippen LogP contribution in [0.2, 0.25) is 0 Å². The lowest BCUT2D eigenvalue weighted by Crippen LogP contribution is -2.27. The van der Waals surface area contributed by atoms with Gasteiger partial charge in [0.2, 0.25) is 5.52 Å². The van der Waals surface area contributed by atoms with Crippen molar-refractivity contribution in [1.82, 2.24) is 19.4 Å². The molecule has 10 nitrogen and oxygen atoms in total. The summed E-state index contributed by atoms with van der Waals surface area (Å²) in [5, 5.41) is 3.18. The Kier molecular flexibility index (Phi) is 5.05. The third kappa shape index (κ3) is 4.19. The van der Waals surface area contributed by atoms with Crippen molar-refractivity contribution < 1.29 is 30.8 Å². The van der Waals surface area contributed by atoms with Crippen molar-refractivity contribution in [2.45, 2.75) is 11.4 Å². The molecule has 0 unspecified atom stereocenters. The van der Waals surface area contributed by atoms with Gasteiger partial charge in [-0.15, -0.1) is 17.7 Å². The van der Waals surface area contributed by atoms with Gasteiger partial charge in [0.1, 0.15) is 5.75 Å². The molecule has 0 bridgehead atoms. The summed E-state index contributed by atoms with van der Waals surface area (Å²) in [6.07, 6.45) is -2.15. The highest BCUT2D eigenvalue weighted by Crippen LogP contribution is 2.25. The van der Waals surface area contributed by atoms with E-state index in [9.17, 15) is 26.4 Å². The van der Waals surface area contributed by atoms with E-state index in [2.05, 4.69) is 19.7 Å². The number of para-hydroxylation sites is 1. The summed E-state index contributed by atoms with van der Waals surface area (Å²) in [6.45, 7) is 0. The second kappa shape index (κ2) is 7.87. The standard InChI is InChI=1S/C21H15F3N6O4S/c1-28-11-19(25-12-28)35(32,33)26-16-10-18-20(31)29(27-30(18)17-5-3-2-4-15(16)17)13-6-8-14(9-7-13)34-21(22,23)24/h2-12,27H,1H3/p+1. The van der Waals surface area contributed by atoms with Crippen LogP contribution in [0.3, 0.4) is 0 Å². The first-order valence-corrected chi connectivity index (χ1v) is 11.5. The smallest absolute Gasteiger partial charge is 0.406 e. The van der Waals surface area contributed by atoms with Crippen molar-refractivity contribution in [2.24, 2.45) is 7.05 Å². The maximum atomic E-state index is 13.2. The number of fused-ring (bicyclic) bond motifs is 3. The minimum absolute atomic E-state index is 0.0954. The number of hydrogen-bond acceptors (Lipinski definition) is 5. The Labute approximate surface area is 194 Å². The van der Waals surface area contributed by atoms with Gasteiger partial charge in [0, 0.05) is 24.7 Å². The molecule has 5 aromatic rings. The minimum Gasteiger partial charge on any atom is -0.406 e. The molecule has 0 saturated heterocycles. The fraction of sp³-hybridized carbons (Fsp3) is 0.0952. The van der Waals surface area contributed by atoms with Crippen molar-refractivity contribution in [2.75, 3.05) is 4.72 Å². The Morgan fingerprint density at radius 1 is 1.09 bits per heavy atom. The second-order valence-electron chi connectivity index (χ2n) is 7.56. The number of benzene rings is 2. The monoisotopic (exact) mass is 505 g/mol. The summed E-state index contributed by atoms with van der Waals surface area (Å²) in [5.41, 5.74) is 0.421. The first kappa shape index (κ1) is 22.5. The number of alkyl halides is 3. The number of pyridine rings is 1. The van der Waals surface area contributed by atoms with Crippen molar-refractivity contribution in [3.63, 3.8) is 0 Å². The number of H-pyrrole nitrogens is 1. The van der Waals surface area contributed by atoms with Crippen LogP contribution in [0.25, 0.3) is 22.1 Å². The van der Waals surface area contributed by atoms with Crippen LogP contribution in [-0.4, -0.2) is 34.2 Å². The van der Waals surface area contributed by atoms with Gasteiger partial charge in [0.05, 0.1) is 12.0 Å². The molecule has 0 fully saturated rings. The molecule has 0 radical (unpaired) electrons. The van der Waals surface area contributed by atoms with Crippen molar-refractivity contribution in [3.05, 3.63) is 77.5 Å². The van der Waals surface area contributed by atoms with Crippen molar-refractivity contribution in [3.8, 4) is 11.4 Å². The predicted octanol–water partition coefficient (Wildman–Crippen LogP) is 2.49. The molecule has 3 aromatic heterocycles. The van der Waals surface area contributed by atoms with E-state index >= 15 is 0 Å². The summed E-state index contributed by atoms with van der Waals surface area (Å²) in [6, 6.07) is 12.9. The summed E-state index contributed by atoms with van der Waals surface area (Å²) in [4.78, 5) is 17.1. The number of aromatic nitrogens is 5. The van der Waals surface area contributed by atoms with E-state index in [1.54, 1.807) is 31.3 Å². The third-order valence-corrected chi connectivity index (χ3v) is 6.36. The molecule has 14 heteroatoms. The van der Waals surface area contributed by atoms with Gasteiger partial charge >= 0.3 is 11.9 Å². The molecule has 0 spiro atoms. The first-order valence-electron chi connectivity index (χ1n) is 9.97. The van der Waals surface area contributed by atoms with E-state index in [4.69, 9.17) is 0 Å². The predicted molar refractivity (Wildman–Crippen MR) is 118 cm³/mol. The lowest BCUT2D eigenvalue weighted by molar-refractivity contribution is -0.555. The third-order valence-electron chi connectivity index (χ3n) is 5.11. The van der Waals surface area contributed by atoms with Crippen LogP contribution >= 0.6 is 0 Å². The van der Waals surface area contributed by atoms with Gasteiger partial charge in [0.15, 0.2) is 16.2 Å². The summed E-state index contributed by atoms with van der Waals surface area (Å²) >= 11 is 0. The Morgan fingerprint density at radius 3 is 2.46 bits per heavy atom. The number of ether oxygens (including phenoxy) is 1. The second-order valence-corrected chi connectivity index (χ2v) is 9.19. The van der Waals surface area contributed by atoms with E-state index in [-0.39, 0.29) is 21.9 Å². The van der Waals surface area contributed by atoms with E-state index in [0.717, 1.165) is 16.8 Å². The molecule has 180 valence electrons. The number of imidazole rings is 1. The average Bonchev–Trinajstić information content (AvgIpc) is 3.38. The Hall–Kier alpha value is -4.33. The maximum Gasteiger partial charge on any atom is 0.573 e. The number of aromatic amines is 1. The van der Waals surface area contributed by atoms with Crippen LogP contribution in [0.5, 0.6) is 5.75 Å². The van der Waals surface area contributed by atoms with Gasteiger partial charge in [-0.1, -0.05) is 22.0 Å². The van der Waals surface area contributed by atoms with Crippen LogP contribution in [-0.2, 0) is 17.1 Å². The zero-order valence-corrected chi connectivity index (χ0v) is 18.6. The number of nitrogens with zero attached hydrogens (tertiary/aromatic N) is 4. The first-order chi connectivity index (χ1) is 16.5. The molecule has 5 rings (SSSR count). The van der Waals surface area contributed by atoms with Crippen molar-refractivity contribution >= 4 is 32.1 Å². The Bertz CT molecular complexity index is 1740. The van der Waals surface area contributed by atoms with Gasteiger partial charge in [-0.3, -0.25) is 4.72 Å².